The Kier molecular flexibility index (Phi) is 5.66. The SMILES string of the molecule is CCCCn1c(SC(C(N)=O)c2ccccc2)nc(C)c1C. The molecule has 0 aliphatic carbocycles. The number of aryl methyl sites for hydroxylation is 1. The summed E-state index contributed by atoms with van der Waals surface area (Å²) in [7, 11) is 0. The maximum Gasteiger partial charge on any atom is 0.235 e. The second-order valence-corrected chi connectivity index (χ2v) is 6.45. The highest BCUT2D eigenvalue weighted by Gasteiger charge is 2.23. The Morgan fingerprint density at radius 2 is 2.00 bits per heavy atom. The predicted molar refractivity (Wildman–Crippen MR) is 90.8 cm³/mol. The second kappa shape index (κ2) is 7.49. The normalized spacial score (nSPS) is 12.3. The molecule has 1 aromatic heterocycles. The van der Waals surface area contributed by atoms with Crippen LogP contribution in [0.15, 0.2) is 35.5 Å². The Balaban J connectivity index is 2.31. The van der Waals surface area contributed by atoms with Crippen molar-refractivity contribution in [3.63, 3.8) is 0 Å². The van der Waals surface area contributed by atoms with Crippen molar-refractivity contribution >= 4 is 17.7 Å². The molecule has 1 atom stereocenters. The number of unbranched alkanes of at least 4 members (excludes halogenated alkanes) is 1. The van der Waals surface area contributed by atoms with Gasteiger partial charge in [-0.2, -0.15) is 0 Å². The van der Waals surface area contributed by atoms with Crippen LogP contribution in [0.25, 0.3) is 0 Å². The average molecular weight is 317 g/mol. The van der Waals surface area contributed by atoms with Gasteiger partial charge in [0.15, 0.2) is 5.16 Å². The molecule has 1 aromatic carbocycles. The maximum absolute atomic E-state index is 11.9. The Labute approximate surface area is 136 Å². The summed E-state index contributed by atoms with van der Waals surface area (Å²) in [6, 6.07) is 9.64. The van der Waals surface area contributed by atoms with Crippen molar-refractivity contribution in [2.75, 3.05) is 0 Å². The molecule has 2 aromatic rings. The third-order valence-corrected chi connectivity index (χ3v) is 5.00. The van der Waals surface area contributed by atoms with E-state index in [2.05, 4.69) is 23.4 Å². The number of amides is 1. The molecule has 0 radical (unpaired) electrons. The van der Waals surface area contributed by atoms with E-state index >= 15 is 0 Å². The van der Waals surface area contributed by atoms with E-state index in [0.29, 0.717) is 0 Å². The van der Waals surface area contributed by atoms with Gasteiger partial charge in [0.05, 0.1) is 5.69 Å². The molecular formula is C17H23N3OS. The van der Waals surface area contributed by atoms with Crippen LogP contribution in [0, 0.1) is 13.8 Å². The fourth-order valence-corrected chi connectivity index (χ4v) is 3.48. The van der Waals surface area contributed by atoms with Crippen LogP contribution in [0.3, 0.4) is 0 Å². The van der Waals surface area contributed by atoms with Gasteiger partial charge in [0, 0.05) is 12.2 Å². The molecule has 0 saturated carbocycles. The molecule has 2 N–H and O–H groups in total. The van der Waals surface area contributed by atoms with Crippen molar-refractivity contribution in [1.29, 1.82) is 0 Å². The van der Waals surface area contributed by atoms with Crippen LogP contribution in [-0.2, 0) is 11.3 Å². The number of benzene rings is 1. The number of hydrogen-bond donors (Lipinski definition) is 1. The number of imidazole rings is 1. The van der Waals surface area contributed by atoms with Gasteiger partial charge in [-0.3, -0.25) is 4.79 Å². The van der Waals surface area contributed by atoms with Crippen molar-refractivity contribution in [1.82, 2.24) is 9.55 Å². The van der Waals surface area contributed by atoms with E-state index in [1.165, 1.54) is 11.8 Å². The van der Waals surface area contributed by atoms with Crippen LogP contribution >= 0.6 is 11.8 Å². The summed E-state index contributed by atoms with van der Waals surface area (Å²) in [5, 5.41) is 0.457. The fourth-order valence-electron chi connectivity index (χ4n) is 2.32. The number of aromatic nitrogens is 2. The maximum atomic E-state index is 11.9. The highest BCUT2D eigenvalue weighted by atomic mass is 32.2. The molecule has 1 amide bonds. The van der Waals surface area contributed by atoms with Gasteiger partial charge in [-0.1, -0.05) is 55.4 Å². The first-order valence-corrected chi connectivity index (χ1v) is 8.47. The van der Waals surface area contributed by atoms with Crippen LogP contribution in [0.2, 0.25) is 0 Å². The fraction of sp³-hybridized carbons (Fsp3) is 0.412. The lowest BCUT2D eigenvalue weighted by Gasteiger charge is -2.15. The third kappa shape index (κ3) is 3.71. The topological polar surface area (TPSA) is 60.9 Å². The lowest BCUT2D eigenvalue weighted by molar-refractivity contribution is -0.117. The monoisotopic (exact) mass is 317 g/mol. The molecule has 0 aliphatic heterocycles. The van der Waals surface area contributed by atoms with E-state index < -0.39 is 5.25 Å². The van der Waals surface area contributed by atoms with Crippen LogP contribution in [0.1, 0.15) is 42.0 Å². The Morgan fingerprint density at radius 3 is 2.59 bits per heavy atom. The summed E-state index contributed by atoms with van der Waals surface area (Å²) in [4.78, 5) is 16.5. The summed E-state index contributed by atoms with van der Waals surface area (Å²) in [5.74, 6) is -0.337. The second-order valence-electron chi connectivity index (χ2n) is 5.38. The molecule has 0 saturated heterocycles. The Hall–Kier alpha value is -1.75. The molecule has 4 nitrogen and oxygen atoms in total. The third-order valence-electron chi connectivity index (χ3n) is 3.74. The summed E-state index contributed by atoms with van der Waals surface area (Å²) in [5.41, 5.74) is 8.70. The molecule has 5 heteroatoms. The lowest BCUT2D eigenvalue weighted by Crippen LogP contribution is -2.19. The number of carbonyl (C=O) groups excluding carboxylic acids is 1. The first-order chi connectivity index (χ1) is 10.5. The first kappa shape index (κ1) is 16.6. The van der Waals surface area contributed by atoms with Gasteiger partial charge in [-0.25, -0.2) is 4.98 Å². The standard InChI is InChI=1S/C17H23N3OS/c1-4-5-11-20-13(3)12(2)19-17(20)22-15(16(18)21)14-9-7-6-8-10-14/h6-10,15H,4-5,11H2,1-3H3,(H2,18,21). The van der Waals surface area contributed by atoms with Gasteiger partial charge in [0.25, 0.3) is 0 Å². The molecule has 0 aliphatic rings. The smallest absolute Gasteiger partial charge is 0.235 e. The molecule has 0 fully saturated rings. The summed E-state index contributed by atoms with van der Waals surface area (Å²) in [6.45, 7) is 7.17. The first-order valence-electron chi connectivity index (χ1n) is 7.59. The van der Waals surface area contributed by atoms with Crippen LogP contribution in [-0.4, -0.2) is 15.5 Å². The van der Waals surface area contributed by atoms with Gasteiger partial charge >= 0.3 is 0 Å². The molecule has 2 rings (SSSR count). The molecule has 0 bridgehead atoms. The molecule has 118 valence electrons. The molecular weight excluding hydrogens is 294 g/mol. The number of nitrogens with zero attached hydrogens (tertiary/aromatic N) is 2. The quantitative estimate of drug-likeness (QED) is 0.793. The highest BCUT2D eigenvalue weighted by Crippen LogP contribution is 2.35. The van der Waals surface area contributed by atoms with Crippen molar-refractivity contribution < 1.29 is 4.79 Å². The minimum absolute atomic E-state index is 0.337. The minimum atomic E-state index is -0.414. The zero-order valence-corrected chi connectivity index (χ0v) is 14.2. The van der Waals surface area contributed by atoms with Crippen molar-refractivity contribution in [3.05, 3.63) is 47.3 Å². The van der Waals surface area contributed by atoms with Gasteiger partial charge in [0.1, 0.15) is 5.25 Å². The van der Waals surface area contributed by atoms with E-state index in [1.54, 1.807) is 0 Å². The number of rotatable bonds is 7. The van der Waals surface area contributed by atoms with Crippen molar-refractivity contribution in [2.24, 2.45) is 5.73 Å². The molecule has 0 spiro atoms. The zero-order chi connectivity index (χ0) is 16.1. The lowest BCUT2D eigenvalue weighted by atomic mass is 10.1. The van der Waals surface area contributed by atoms with E-state index in [1.807, 2.05) is 37.3 Å². The van der Waals surface area contributed by atoms with Gasteiger partial charge in [-0.05, 0) is 25.8 Å². The molecule has 22 heavy (non-hydrogen) atoms. The van der Waals surface area contributed by atoms with Gasteiger partial charge in [0.2, 0.25) is 5.91 Å². The number of thioether (sulfide) groups is 1. The minimum Gasteiger partial charge on any atom is -0.368 e. The van der Waals surface area contributed by atoms with Crippen LogP contribution in [0.4, 0.5) is 0 Å². The molecule has 1 heterocycles. The average Bonchev–Trinajstić information content (AvgIpc) is 2.78. The number of carbonyl (C=O) groups is 1. The Bertz CT molecular complexity index is 637. The van der Waals surface area contributed by atoms with E-state index in [-0.39, 0.29) is 5.91 Å². The van der Waals surface area contributed by atoms with Crippen LogP contribution in [0.5, 0.6) is 0 Å². The number of nitrogens with two attached hydrogens (primary N) is 1. The number of primary amides is 1. The van der Waals surface area contributed by atoms with Gasteiger partial charge < -0.3 is 10.3 Å². The van der Waals surface area contributed by atoms with Crippen LogP contribution < -0.4 is 5.73 Å². The van der Waals surface area contributed by atoms with E-state index in [9.17, 15) is 4.79 Å². The summed E-state index contributed by atoms with van der Waals surface area (Å²) >= 11 is 1.44. The van der Waals surface area contributed by atoms with Gasteiger partial charge in [-0.15, -0.1) is 0 Å². The van der Waals surface area contributed by atoms with Crippen molar-refractivity contribution in [2.45, 2.75) is 50.6 Å². The van der Waals surface area contributed by atoms with E-state index in [0.717, 1.165) is 41.5 Å². The zero-order valence-electron chi connectivity index (χ0n) is 13.4. The highest BCUT2D eigenvalue weighted by molar-refractivity contribution is 8.00. The van der Waals surface area contributed by atoms with E-state index in [4.69, 9.17) is 5.73 Å². The molecule has 1 unspecified atom stereocenters. The summed E-state index contributed by atoms with van der Waals surface area (Å²) < 4.78 is 2.20. The summed E-state index contributed by atoms with van der Waals surface area (Å²) in [6.07, 6.45) is 2.22. The van der Waals surface area contributed by atoms with Crippen molar-refractivity contribution in [3.8, 4) is 0 Å². The largest absolute Gasteiger partial charge is 0.368 e. The predicted octanol–water partition coefficient (Wildman–Crippen LogP) is 3.62. The Morgan fingerprint density at radius 1 is 1.32 bits per heavy atom. The number of hydrogen-bond acceptors (Lipinski definition) is 3.